The minimum atomic E-state index is -0.795. The molecule has 6 nitrogen and oxygen atoms in total. The average molecular weight is 730 g/mol. The van der Waals surface area contributed by atoms with E-state index in [-0.39, 0.29) is 24.9 Å². The van der Waals surface area contributed by atoms with E-state index in [9.17, 15) is 19.8 Å². The van der Waals surface area contributed by atoms with Crippen LogP contribution < -0.4 is 5.32 Å². The topological polar surface area (TPSA) is 95.9 Å². The van der Waals surface area contributed by atoms with Gasteiger partial charge < -0.3 is 20.3 Å². The summed E-state index contributed by atoms with van der Waals surface area (Å²) in [6.07, 6.45) is 46.0. The number of aliphatic hydroxyl groups is 2. The van der Waals surface area contributed by atoms with Crippen LogP contribution >= 0.6 is 0 Å². The van der Waals surface area contributed by atoms with E-state index < -0.39 is 18.2 Å². The number of allylic oxidation sites excluding steroid dienone is 8. The molecule has 0 heterocycles. The molecule has 3 unspecified atom stereocenters. The molecule has 0 aromatic carbocycles. The van der Waals surface area contributed by atoms with Gasteiger partial charge in [0.2, 0.25) is 5.91 Å². The van der Waals surface area contributed by atoms with Crippen LogP contribution in [0.15, 0.2) is 48.6 Å². The third kappa shape index (κ3) is 34.9. The molecule has 0 saturated heterocycles. The molecule has 0 rings (SSSR count). The summed E-state index contributed by atoms with van der Waals surface area (Å²) in [5.74, 6) is -0.525. The van der Waals surface area contributed by atoms with Gasteiger partial charge in [-0.15, -0.1) is 0 Å². The van der Waals surface area contributed by atoms with E-state index in [0.29, 0.717) is 19.3 Å². The van der Waals surface area contributed by atoms with Gasteiger partial charge in [0.25, 0.3) is 0 Å². The first-order valence-corrected chi connectivity index (χ1v) is 21.9. The van der Waals surface area contributed by atoms with Gasteiger partial charge in [0.1, 0.15) is 6.10 Å². The number of carbonyl (C=O) groups excluding carboxylic acids is 2. The highest BCUT2D eigenvalue weighted by Crippen LogP contribution is 2.17. The van der Waals surface area contributed by atoms with E-state index in [1.807, 2.05) is 12.2 Å². The van der Waals surface area contributed by atoms with E-state index in [1.54, 1.807) is 0 Å². The van der Waals surface area contributed by atoms with Crippen molar-refractivity contribution in [3.8, 4) is 0 Å². The molecule has 0 spiro atoms. The van der Waals surface area contributed by atoms with Gasteiger partial charge in [-0.3, -0.25) is 9.59 Å². The Balaban J connectivity index is 4.63. The molecule has 0 aromatic heterocycles. The SMILES string of the molecule is CC/C=C/C=C/C=C\CCCCCC(CC(=O)NC(CO)C(O)CCCCCCCCCCCCCC)OC(=O)CCCCCCC/C=C\CCC. The van der Waals surface area contributed by atoms with Crippen LogP contribution in [0.3, 0.4) is 0 Å². The lowest BCUT2D eigenvalue weighted by Gasteiger charge is -2.24. The summed E-state index contributed by atoms with van der Waals surface area (Å²) in [6.45, 7) is 6.25. The van der Waals surface area contributed by atoms with Crippen LogP contribution in [0.25, 0.3) is 0 Å². The van der Waals surface area contributed by atoms with Crippen molar-refractivity contribution in [3.05, 3.63) is 48.6 Å². The predicted octanol–water partition coefficient (Wildman–Crippen LogP) is 12.3. The average Bonchev–Trinajstić information content (AvgIpc) is 3.13. The third-order valence-corrected chi connectivity index (χ3v) is 9.68. The van der Waals surface area contributed by atoms with Gasteiger partial charge in [0.15, 0.2) is 0 Å². The third-order valence-electron chi connectivity index (χ3n) is 9.68. The zero-order valence-electron chi connectivity index (χ0n) is 34.2. The molecule has 0 aliphatic carbocycles. The molecule has 0 saturated carbocycles. The van der Waals surface area contributed by atoms with Gasteiger partial charge in [-0.1, -0.05) is 179 Å². The maximum Gasteiger partial charge on any atom is 0.306 e. The first-order chi connectivity index (χ1) is 25.5. The van der Waals surface area contributed by atoms with Crippen LogP contribution in [0.4, 0.5) is 0 Å². The van der Waals surface area contributed by atoms with Crippen LogP contribution in [0.5, 0.6) is 0 Å². The van der Waals surface area contributed by atoms with Gasteiger partial charge in [-0.2, -0.15) is 0 Å². The lowest BCUT2D eigenvalue weighted by molar-refractivity contribution is -0.151. The molecule has 302 valence electrons. The molecule has 3 atom stereocenters. The second-order valence-electron chi connectivity index (χ2n) is 14.8. The van der Waals surface area contributed by atoms with Crippen molar-refractivity contribution in [1.82, 2.24) is 5.32 Å². The molecule has 1 amide bonds. The Labute approximate surface area is 321 Å². The molecule has 0 aliphatic heterocycles. The van der Waals surface area contributed by atoms with Crippen molar-refractivity contribution in [1.29, 1.82) is 0 Å². The molecule has 52 heavy (non-hydrogen) atoms. The van der Waals surface area contributed by atoms with Gasteiger partial charge in [0.05, 0.1) is 25.2 Å². The maximum atomic E-state index is 13.1. The van der Waals surface area contributed by atoms with E-state index >= 15 is 0 Å². The first-order valence-electron chi connectivity index (χ1n) is 21.9. The zero-order valence-corrected chi connectivity index (χ0v) is 34.2. The first kappa shape index (κ1) is 49.8. The molecule has 0 bridgehead atoms. The highest BCUT2D eigenvalue weighted by molar-refractivity contribution is 5.77. The summed E-state index contributed by atoms with van der Waals surface area (Å²) >= 11 is 0. The van der Waals surface area contributed by atoms with Gasteiger partial charge in [-0.25, -0.2) is 0 Å². The Kier molecular flexibility index (Phi) is 38.3. The lowest BCUT2D eigenvalue weighted by atomic mass is 10.0. The van der Waals surface area contributed by atoms with E-state index in [1.165, 1.54) is 77.0 Å². The number of esters is 1. The Bertz CT molecular complexity index is 910. The molecule has 0 radical (unpaired) electrons. The Morgan fingerprint density at radius 2 is 1.10 bits per heavy atom. The number of unbranched alkanes of at least 4 members (excludes halogenated alkanes) is 20. The molecular weight excluding hydrogens is 647 g/mol. The zero-order chi connectivity index (χ0) is 38.2. The summed E-state index contributed by atoms with van der Waals surface area (Å²) in [7, 11) is 0. The van der Waals surface area contributed by atoms with Gasteiger partial charge in [-0.05, 0) is 64.2 Å². The molecule has 3 N–H and O–H groups in total. The van der Waals surface area contributed by atoms with Gasteiger partial charge in [0, 0.05) is 6.42 Å². The smallest absolute Gasteiger partial charge is 0.306 e. The largest absolute Gasteiger partial charge is 0.462 e. The van der Waals surface area contributed by atoms with E-state index in [2.05, 4.69) is 62.5 Å². The number of amides is 1. The van der Waals surface area contributed by atoms with Crippen molar-refractivity contribution in [2.24, 2.45) is 0 Å². The number of hydrogen-bond donors (Lipinski definition) is 3. The minimum Gasteiger partial charge on any atom is -0.462 e. The standard InChI is InChI=1S/C46H83NO5/c1-4-7-10-13-16-19-22-24-26-29-32-35-38-44(49)43(41-48)47-45(50)40-42(37-34-31-28-25-23-20-17-14-11-8-5-2)52-46(51)39-36-33-30-27-21-18-15-12-9-6-3/h8,11-12,14-15,17,20,23,42-44,48-49H,4-7,9-10,13,16,18-19,21-22,24-41H2,1-3H3,(H,47,50)/b11-8+,15-12-,17-14+,23-20-. The lowest BCUT2D eigenvalue weighted by Crippen LogP contribution is -2.46. The van der Waals surface area contributed by atoms with Crippen LogP contribution in [0.1, 0.15) is 207 Å². The highest BCUT2D eigenvalue weighted by Gasteiger charge is 2.24. The van der Waals surface area contributed by atoms with Crippen LogP contribution in [-0.4, -0.2) is 46.9 Å². The summed E-state index contributed by atoms with van der Waals surface area (Å²) in [5.41, 5.74) is 0. The number of carbonyl (C=O) groups is 2. The summed E-state index contributed by atoms with van der Waals surface area (Å²) in [4.78, 5) is 25.9. The van der Waals surface area contributed by atoms with Crippen molar-refractivity contribution < 1.29 is 24.5 Å². The number of rotatable bonds is 38. The number of aliphatic hydroxyl groups excluding tert-OH is 2. The Morgan fingerprint density at radius 1 is 0.577 bits per heavy atom. The summed E-state index contributed by atoms with van der Waals surface area (Å²) in [5, 5.41) is 23.6. The second-order valence-corrected chi connectivity index (χ2v) is 14.8. The van der Waals surface area contributed by atoms with Crippen LogP contribution in [0, 0.1) is 0 Å². The minimum absolute atomic E-state index is 0.0507. The molecule has 0 aromatic rings. The maximum absolute atomic E-state index is 13.1. The predicted molar refractivity (Wildman–Crippen MR) is 222 cm³/mol. The molecule has 6 heteroatoms. The van der Waals surface area contributed by atoms with E-state index in [4.69, 9.17) is 4.74 Å². The fourth-order valence-electron chi connectivity index (χ4n) is 6.37. The number of ether oxygens (including phenoxy) is 1. The Morgan fingerprint density at radius 3 is 1.71 bits per heavy atom. The monoisotopic (exact) mass is 730 g/mol. The summed E-state index contributed by atoms with van der Waals surface area (Å²) in [6, 6.07) is -0.711. The fourth-order valence-corrected chi connectivity index (χ4v) is 6.37. The molecule has 0 aliphatic rings. The Hall–Kier alpha value is -2.18. The number of nitrogens with one attached hydrogen (secondary N) is 1. The molecule has 0 fully saturated rings. The van der Waals surface area contributed by atoms with Crippen molar-refractivity contribution in [2.75, 3.05) is 6.61 Å². The normalized spacial score (nSPS) is 13.9. The van der Waals surface area contributed by atoms with Crippen molar-refractivity contribution in [3.63, 3.8) is 0 Å². The van der Waals surface area contributed by atoms with Crippen LogP contribution in [0.2, 0.25) is 0 Å². The van der Waals surface area contributed by atoms with Crippen LogP contribution in [-0.2, 0) is 14.3 Å². The summed E-state index contributed by atoms with van der Waals surface area (Å²) < 4.78 is 5.86. The highest BCUT2D eigenvalue weighted by atomic mass is 16.5. The van der Waals surface area contributed by atoms with Crippen molar-refractivity contribution in [2.45, 2.75) is 225 Å². The second kappa shape index (κ2) is 40.0. The fraction of sp³-hybridized carbons (Fsp3) is 0.783. The van der Waals surface area contributed by atoms with Gasteiger partial charge >= 0.3 is 5.97 Å². The quantitative estimate of drug-likeness (QED) is 0.0254. The number of hydrogen-bond acceptors (Lipinski definition) is 5. The molecular formula is C46H83NO5. The van der Waals surface area contributed by atoms with E-state index in [0.717, 1.165) is 83.5 Å². The van der Waals surface area contributed by atoms with Crippen molar-refractivity contribution >= 4 is 11.9 Å².